The van der Waals surface area contributed by atoms with Crippen LogP contribution >= 0.6 is 12.4 Å². The van der Waals surface area contributed by atoms with E-state index in [1.807, 2.05) is 24.3 Å². The van der Waals surface area contributed by atoms with Crippen molar-refractivity contribution in [1.82, 2.24) is 10.2 Å². The topological polar surface area (TPSA) is 41.6 Å². The van der Waals surface area contributed by atoms with Crippen molar-refractivity contribution >= 4 is 18.3 Å². The van der Waals surface area contributed by atoms with E-state index in [0.29, 0.717) is 17.9 Å². The van der Waals surface area contributed by atoms with Gasteiger partial charge in [0.15, 0.2) is 0 Å². The molecule has 2 saturated heterocycles. The van der Waals surface area contributed by atoms with E-state index in [1.165, 1.54) is 6.42 Å². The highest BCUT2D eigenvalue weighted by atomic mass is 35.5. The summed E-state index contributed by atoms with van der Waals surface area (Å²) in [6.07, 6.45) is 4.38. The van der Waals surface area contributed by atoms with Crippen LogP contribution in [0.3, 0.4) is 0 Å². The third kappa shape index (κ3) is 3.07. The van der Waals surface area contributed by atoms with E-state index in [4.69, 9.17) is 4.74 Å². The highest BCUT2D eigenvalue weighted by Crippen LogP contribution is 2.39. The average molecular weight is 337 g/mol. The van der Waals surface area contributed by atoms with Gasteiger partial charge in [0.2, 0.25) is 5.91 Å². The van der Waals surface area contributed by atoms with Crippen molar-refractivity contribution in [2.75, 3.05) is 32.8 Å². The lowest BCUT2D eigenvalue weighted by atomic mass is 9.77. The van der Waals surface area contributed by atoms with E-state index in [0.717, 1.165) is 56.8 Å². The molecule has 126 valence electrons. The number of rotatable bonds is 1. The first-order valence-corrected chi connectivity index (χ1v) is 8.49. The maximum absolute atomic E-state index is 13.0. The summed E-state index contributed by atoms with van der Waals surface area (Å²) in [6, 6.07) is 8.00. The van der Waals surface area contributed by atoms with Crippen LogP contribution in [0.15, 0.2) is 24.3 Å². The number of para-hydroxylation sites is 1. The Kier molecular flexibility index (Phi) is 4.83. The summed E-state index contributed by atoms with van der Waals surface area (Å²) in [4.78, 5) is 15.1. The molecule has 0 aromatic heterocycles. The molecule has 1 aromatic rings. The second kappa shape index (κ2) is 6.70. The molecule has 1 unspecified atom stereocenters. The molecule has 0 bridgehead atoms. The first kappa shape index (κ1) is 16.6. The summed E-state index contributed by atoms with van der Waals surface area (Å²) in [5.41, 5.74) is 1.53. The monoisotopic (exact) mass is 336 g/mol. The Labute approximate surface area is 144 Å². The normalized spacial score (nSPS) is 25.4. The van der Waals surface area contributed by atoms with Crippen LogP contribution in [0.2, 0.25) is 0 Å². The lowest BCUT2D eigenvalue weighted by Gasteiger charge is -2.40. The van der Waals surface area contributed by atoms with Crippen molar-refractivity contribution in [3.05, 3.63) is 29.8 Å². The number of benzene rings is 1. The van der Waals surface area contributed by atoms with Crippen LogP contribution in [-0.4, -0.2) is 43.6 Å². The molecule has 1 spiro atoms. The van der Waals surface area contributed by atoms with Crippen molar-refractivity contribution in [2.24, 2.45) is 5.41 Å². The number of likely N-dealkylation sites (tertiary alicyclic amines) is 1. The van der Waals surface area contributed by atoms with Gasteiger partial charge in [-0.3, -0.25) is 4.79 Å². The average Bonchev–Trinajstić information content (AvgIpc) is 3.02. The third-order valence-corrected chi connectivity index (χ3v) is 5.72. The van der Waals surface area contributed by atoms with E-state index in [-0.39, 0.29) is 18.3 Å². The maximum atomic E-state index is 13.0. The number of amides is 1. The lowest BCUT2D eigenvalue weighted by Crippen LogP contribution is -2.46. The molecule has 1 aromatic carbocycles. The predicted molar refractivity (Wildman–Crippen MR) is 92.3 cm³/mol. The molecule has 2 fully saturated rings. The predicted octanol–water partition coefficient (Wildman–Crippen LogP) is 2.58. The van der Waals surface area contributed by atoms with Crippen molar-refractivity contribution in [1.29, 1.82) is 0 Å². The van der Waals surface area contributed by atoms with Gasteiger partial charge < -0.3 is 15.0 Å². The molecule has 4 rings (SSSR count). The summed E-state index contributed by atoms with van der Waals surface area (Å²) in [6.45, 7) is 4.76. The highest BCUT2D eigenvalue weighted by Gasteiger charge is 2.40. The van der Waals surface area contributed by atoms with Gasteiger partial charge in [0, 0.05) is 25.2 Å². The summed E-state index contributed by atoms with van der Waals surface area (Å²) < 4.78 is 5.69. The Hall–Kier alpha value is -1.26. The fourth-order valence-corrected chi connectivity index (χ4v) is 4.24. The number of nitrogens with zero attached hydrogens (tertiary/aromatic N) is 1. The maximum Gasteiger partial charge on any atom is 0.230 e. The van der Waals surface area contributed by atoms with Crippen molar-refractivity contribution < 1.29 is 9.53 Å². The van der Waals surface area contributed by atoms with E-state index in [1.54, 1.807) is 0 Å². The van der Waals surface area contributed by atoms with Gasteiger partial charge in [-0.15, -0.1) is 12.4 Å². The van der Waals surface area contributed by atoms with Crippen LogP contribution in [0, 0.1) is 5.41 Å². The standard InChI is InChI=1S/C18H24N2O2.ClH/c21-17(15-5-12-22-16-4-2-1-3-14(15)16)20-10-7-18(8-11-20)6-9-19-13-18;/h1-4,15,19H,5-13H2;1H. The third-order valence-electron chi connectivity index (χ3n) is 5.72. The number of piperidine rings is 1. The fourth-order valence-electron chi connectivity index (χ4n) is 4.24. The number of hydrogen-bond donors (Lipinski definition) is 1. The molecular weight excluding hydrogens is 312 g/mol. The Bertz CT molecular complexity index is 562. The molecular formula is C18H25ClN2O2. The van der Waals surface area contributed by atoms with Crippen LogP contribution in [0.4, 0.5) is 0 Å². The van der Waals surface area contributed by atoms with E-state index < -0.39 is 0 Å². The van der Waals surface area contributed by atoms with Crippen LogP contribution in [0.5, 0.6) is 5.75 Å². The second-order valence-electron chi connectivity index (χ2n) is 6.98. The largest absolute Gasteiger partial charge is 0.493 e. The van der Waals surface area contributed by atoms with Crippen LogP contribution in [0.25, 0.3) is 0 Å². The van der Waals surface area contributed by atoms with Crippen molar-refractivity contribution in [3.63, 3.8) is 0 Å². The number of fused-ring (bicyclic) bond motifs is 1. The zero-order chi connectivity index (χ0) is 15.0. The quantitative estimate of drug-likeness (QED) is 0.857. The Balaban J connectivity index is 0.00000156. The van der Waals surface area contributed by atoms with Gasteiger partial charge in [0.1, 0.15) is 5.75 Å². The van der Waals surface area contributed by atoms with Gasteiger partial charge >= 0.3 is 0 Å². The van der Waals surface area contributed by atoms with E-state index >= 15 is 0 Å². The van der Waals surface area contributed by atoms with E-state index in [2.05, 4.69) is 10.2 Å². The molecule has 1 amide bonds. The smallest absolute Gasteiger partial charge is 0.230 e. The summed E-state index contributed by atoms with van der Waals surface area (Å²) in [5, 5.41) is 3.48. The first-order valence-electron chi connectivity index (χ1n) is 8.49. The Morgan fingerprint density at radius 2 is 2.00 bits per heavy atom. The molecule has 3 aliphatic heterocycles. The summed E-state index contributed by atoms with van der Waals surface area (Å²) >= 11 is 0. The van der Waals surface area contributed by atoms with E-state index in [9.17, 15) is 4.79 Å². The van der Waals surface area contributed by atoms with Gasteiger partial charge in [0.05, 0.1) is 12.5 Å². The molecule has 3 aliphatic rings. The van der Waals surface area contributed by atoms with Gasteiger partial charge in [-0.05, 0) is 43.7 Å². The van der Waals surface area contributed by atoms with Gasteiger partial charge in [-0.1, -0.05) is 18.2 Å². The first-order chi connectivity index (χ1) is 10.8. The number of nitrogens with one attached hydrogen (secondary N) is 1. The minimum Gasteiger partial charge on any atom is -0.493 e. The van der Waals surface area contributed by atoms with Gasteiger partial charge in [-0.2, -0.15) is 0 Å². The Morgan fingerprint density at radius 3 is 2.74 bits per heavy atom. The molecule has 0 saturated carbocycles. The van der Waals surface area contributed by atoms with Crippen molar-refractivity contribution in [3.8, 4) is 5.75 Å². The molecule has 1 atom stereocenters. The second-order valence-corrected chi connectivity index (χ2v) is 6.98. The van der Waals surface area contributed by atoms with Crippen LogP contribution in [0.1, 0.15) is 37.2 Å². The van der Waals surface area contributed by atoms with Gasteiger partial charge in [-0.25, -0.2) is 0 Å². The molecule has 4 nitrogen and oxygen atoms in total. The molecule has 3 heterocycles. The number of hydrogen-bond acceptors (Lipinski definition) is 3. The Morgan fingerprint density at radius 1 is 1.22 bits per heavy atom. The molecule has 5 heteroatoms. The highest BCUT2D eigenvalue weighted by molar-refractivity contribution is 5.85. The summed E-state index contributed by atoms with van der Waals surface area (Å²) in [5.74, 6) is 1.18. The minimum absolute atomic E-state index is 0. The number of ether oxygens (including phenoxy) is 1. The molecule has 23 heavy (non-hydrogen) atoms. The number of halogens is 1. The summed E-state index contributed by atoms with van der Waals surface area (Å²) in [7, 11) is 0. The SMILES string of the molecule is Cl.O=C(C1CCOc2ccccc21)N1CCC2(CCNC2)CC1. The minimum atomic E-state index is -0.0132. The lowest BCUT2D eigenvalue weighted by molar-refractivity contribution is -0.135. The molecule has 1 N–H and O–H groups in total. The number of carbonyl (C=O) groups is 1. The zero-order valence-electron chi connectivity index (χ0n) is 13.4. The van der Waals surface area contributed by atoms with Crippen molar-refractivity contribution in [2.45, 2.75) is 31.6 Å². The van der Waals surface area contributed by atoms with Gasteiger partial charge in [0.25, 0.3) is 0 Å². The fraction of sp³-hybridized carbons (Fsp3) is 0.611. The van der Waals surface area contributed by atoms with Crippen LogP contribution < -0.4 is 10.1 Å². The number of carbonyl (C=O) groups excluding carboxylic acids is 1. The molecule has 0 aliphatic carbocycles. The molecule has 0 radical (unpaired) electrons. The van der Waals surface area contributed by atoms with Crippen LogP contribution in [-0.2, 0) is 4.79 Å². The zero-order valence-corrected chi connectivity index (χ0v) is 14.2.